The molecule has 1 unspecified atom stereocenters. The quantitative estimate of drug-likeness (QED) is 0.778. The lowest BCUT2D eigenvalue weighted by Gasteiger charge is -2.35. The van der Waals surface area contributed by atoms with Gasteiger partial charge in [-0.15, -0.1) is 0 Å². The first-order chi connectivity index (χ1) is 12.9. The third-order valence-corrected chi connectivity index (χ3v) is 5.23. The number of nitrogens with one attached hydrogen (secondary N) is 2. The third kappa shape index (κ3) is 4.42. The second kappa shape index (κ2) is 8.00. The van der Waals surface area contributed by atoms with Crippen molar-refractivity contribution in [1.29, 1.82) is 0 Å². The van der Waals surface area contributed by atoms with E-state index in [0.717, 1.165) is 21.5 Å². The van der Waals surface area contributed by atoms with Gasteiger partial charge in [-0.1, -0.05) is 15.9 Å². The third-order valence-electron chi connectivity index (χ3n) is 4.38. The van der Waals surface area contributed by atoms with Gasteiger partial charge >= 0.3 is 0 Å². The van der Waals surface area contributed by atoms with Crippen molar-refractivity contribution in [3.05, 3.63) is 52.0 Å². The van der Waals surface area contributed by atoms with Gasteiger partial charge in [-0.2, -0.15) is 0 Å². The Kier molecular flexibility index (Phi) is 5.70. The molecule has 1 aliphatic rings. The average Bonchev–Trinajstić information content (AvgIpc) is 2.63. The van der Waals surface area contributed by atoms with Gasteiger partial charge in [-0.05, 0) is 55.8 Å². The molecule has 0 aliphatic carbocycles. The highest BCUT2D eigenvalue weighted by molar-refractivity contribution is 9.10. The zero-order valence-electron chi connectivity index (χ0n) is 15.5. The number of ether oxygens (including phenoxy) is 1. The number of benzene rings is 2. The molecule has 6 nitrogen and oxygen atoms in total. The predicted molar refractivity (Wildman–Crippen MR) is 110 cm³/mol. The van der Waals surface area contributed by atoms with Gasteiger partial charge in [-0.3, -0.25) is 9.59 Å². The molecule has 0 spiro atoms. The molecular formula is C20H22BrN3O3. The highest BCUT2D eigenvalue weighted by atomic mass is 79.9. The van der Waals surface area contributed by atoms with Crippen LogP contribution in [0.1, 0.15) is 22.8 Å². The number of carbonyl (C=O) groups is 2. The van der Waals surface area contributed by atoms with Gasteiger partial charge in [0, 0.05) is 22.8 Å². The van der Waals surface area contributed by atoms with Crippen LogP contribution in [-0.4, -0.2) is 38.1 Å². The van der Waals surface area contributed by atoms with Crippen LogP contribution in [0.5, 0.6) is 5.75 Å². The fourth-order valence-electron chi connectivity index (χ4n) is 3.02. The van der Waals surface area contributed by atoms with Crippen LogP contribution in [-0.2, 0) is 4.79 Å². The van der Waals surface area contributed by atoms with Crippen molar-refractivity contribution in [1.82, 2.24) is 5.32 Å². The van der Waals surface area contributed by atoms with Crippen LogP contribution < -0.4 is 20.3 Å². The SMILES string of the molecule is CNC(=O)c1ccc(NC(=O)CN2CC(C)Oc3cc(C)c(Br)cc32)cc1. The molecule has 0 radical (unpaired) electrons. The van der Waals surface area contributed by atoms with Crippen molar-refractivity contribution < 1.29 is 14.3 Å². The number of fused-ring (bicyclic) bond motifs is 1. The minimum Gasteiger partial charge on any atom is -0.487 e. The number of carbonyl (C=O) groups excluding carboxylic acids is 2. The topological polar surface area (TPSA) is 70.7 Å². The second-order valence-electron chi connectivity index (χ2n) is 6.58. The van der Waals surface area contributed by atoms with E-state index in [9.17, 15) is 9.59 Å². The molecule has 1 atom stereocenters. The maximum absolute atomic E-state index is 12.5. The lowest BCUT2D eigenvalue weighted by atomic mass is 10.1. The Labute approximate surface area is 167 Å². The molecule has 7 heteroatoms. The van der Waals surface area contributed by atoms with Crippen molar-refractivity contribution in [3.63, 3.8) is 0 Å². The molecule has 2 aromatic rings. The summed E-state index contributed by atoms with van der Waals surface area (Å²) in [4.78, 5) is 26.1. The van der Waals surface area contributed by atoms with Crippen molar-refractivity contribution in [3.8, 4) is 5.75 Å². The van der Waals surface area contributed by atoms with Gasteiger partial charge in [-0.25, -0.2) is 0 Å². The van der Waals surface area contributed by atoms with Crippen molar-refractivity contribution in [2.24, 2.45) is 0 Å². The summed E-state index contributed by atoms with van der Waals surface area (Å²) >= 11 is 3.55. The summed E-state index contributed by atoms with van der Waals surface area (Å²) in [6.07, 6.45) is -0.00212. The molecule has 2 N–H and O–H groups in total. The molecule has 1 heterocycles. The Morgan fingerprint density at radius 1 is 1.26 bits per heavy atom. The number of aryl methyl sites for hydroxylation is 1. The summed E-state index contributed by atoms with van der Waals surface area (Å²) < 4.78 is 6.89. The predicted octanol–water partition coefficient (Wildman–Crippen LogP) is 3.34. The van der Waals surface area contributed by atoms with Gasteiger partial charge in [0.25, 0.3) is 5.91 Å². The normalized spacial score (nSPS) is 15.6. The number of anilines is 2. The van der Waals surface area contributed by atoms with Crippen LogP contribution in [0.2, 0.25) is 0 Å². The zero-order valence-corrected chi connectivity index (χ0v) is 17.1. The van der Waals surface area contributed by atoms with Crippen molar-refractivity contribution in [2.45, 2.75) is 20.0 Å². The first kappa shape index (κ1) is 19.2. The number of amides is 2. The first-order valence-corrected chi connectivity index (χ1v) is 9.50. The van der Waals surface area contributed by atoms with Gasteiger partial charge in [0.15, 0.2) is 0 Å². The Morgan fingerprint density at radius 3 is 2.63 bits per heavy atom. The van der Waals surface area contributed by atoms with Crippen LogP contribution in [0, 0.1) is 6.92 Å². The first-order valence-electron chi connectivity index (χ1n) is 8.71. The number of hydrogen-bond acceptors (Lipinski definition) is 4. The molecule has 1 aliphatic heterocycles. The molecule has 27 heavy (non-hydrogen) atoms. The van der Waals surface area contributed by atoms with Crippen LogP contribution in [0.15, 0.2) is 40.9 Å². The molecule has 2 amide bonds. The molecule has 0 aromatic heterocycles. The van der Waals surface area contributed by atoms with E-state index in [-0.39, 0.29) is 24.5 Å². The Hall–Kier alpha value is -2.54. The van der Waals surface area contributed by atoms with E-state index in [0.29, 0.717) is 17.8 Å². The summed E-state index contributed by atoms with van der Waals surface area (Å²) in [5.41, 5.74) is 3.19. The Balaban J connectivity index is 1.71. The largest absolute Gasteiger partial charge is 0.487 e. The summed E-state index contributed by atoms with van der Waals surface area (Å²) in [6, 6.07) is 10.8. The molecule has 0 fully saturated rings. The minimum atomic E-state index is -0.160. The maximum Gasteiger partial charge on any atom is 0.251 e. The van der Waals surface area contributed by atoms with Crippen LogP contribution in [0.4, 0.5) is 11.4 Å². The van der Waals surface area contributed by atoms with Gasteiger partial charge in [0.05, 0.1) is 18.8 Å². The zero-order chi connectivity index (χ0) is 19.6. The molecule has 0 saturated carbocycles. The number of hydrogen-bond donors (Lipinski definition) is 2. The van der Waals surface area contributed by atoms with E-state index < -0.39 is 0 Å². The van der Waals surface area contributed by atoms with E-state index in [1.165, 1.54) is 0 Å². The van der Waals surface area contributed by atoms with E-state index in [1.54, 1.807) is 31.3 Å². The molecular weight excluding hydrogens is 410 g/mol. The molecule has 2 aromatic carbocycles. The highest BCUT2D eigenvalue weighted by Crippen LogP contribution is 2.37. The fraction of sp³-hybridized carbons (Fsp3) is 0.300. The summed E-state index contributed by atoms with van der Waals surface area (Å²) in [7, 11) is 1.58. The molecule has 3 rings (SSSR count). The lowest BCUT2D eigenvalue weighted by molar-refractivity contribution is -0.115. The number of nitrogens with zero attached hydrogens (tertiary/aromatic N) is 1. The molecule has 0 saturated heterocycles. The van der Waals surface area contributed by atoms with Crippen LogP contribution in [0.25, 0.3) is 0 Å². The van der Waals surface area contributed by atoms with E-state index in [1.807, 2.05) is 30.9 Å². The molecule has 0 bridgehead atoms. The monoisotopic (exact) mass is 431 g/mol. The van der Waals surface area contributed by atoms with Crippen LogP contribution in [0.3, 0.4) is 0 Å². The van der Waals surface area contributed by atoms with Gasteiger partial charge in [0.1, 0.15) is 11.9 Å². The Bertz CT molecular complexity index is 868. The van der Waals surface area contributed by atoms with E-state index in [2.05, 4.69) is 26.6 Å². The number of halogens is 1. The minimum absolute atomic E-state index is 0.00212. The second-order valence-corrected chi connectivity index (χ2v) is 7.44. The lowest BCUT2D eigenvalue weighted by Crippen LogP contribution is -2.42. The van der Waals surface area contributed by atoms with E-state index in [4.69, 9.17) is 4.74 Å². The average molecular weight is 432 g/mol. The highest BCUT2D eigenvalue weighted by Gasteiger charge is 2.25. The molecule has 142 valence electrons. The van der Waals surface area contributed by atoms with Gasteiger partial charge < -0.3 is 20.3 Å². The van der Waals surface area contributed by atoms with Gasteiger partial charge in [0.2, 0.25) is 5.91 Å². The van der Waals surface area contributed by atoms with Crippen molar-refractivity contribution >= 4 is 39.1 Å². The van der Waals surface area contributed by atoms with Crippen LogP contribution >= 0.6 is 15.9 Å². The fourth-order valence-corrected chi connectivity index (χ4v) is 3.35. The summed E-state index contributed by atoms with van der Waals surface area (Å²) in [6.45, 7) is 4.84. The summed E-state index contributed by atoms with van der Waals surface area (Å²) in [5.74, 6) is 0.504. The number of rotatable bonds is 4. The summed E-state index contributed by atoms with van der Waals surface area (Å²) in [5, 5.41) is 5.45. The Morgan fingerprint density at radius 2 is 1.96 bits per heavy atom. The van der Waals surface area contributed by atoms with E-state index >= 15 is 0 Å². The van der Waals surface area contributed by atoms with Crippen molar-refractivity contribution in [2.75, 3.05) is 30.4 Å². The maximum atomic E-state index is 12.5. The standard InChI is InChI=1S/C20H22BrN3O3/c1-12-8-18-17(9-16(12)21)24(10-13(2)27-18)11-19(25)23-15-6-4-14(5-7-15)20(26)22-3/h4-9,13H,10-11H2,1-3H3,(H,22,26)(H,23,25). The smallest absolute Gasteiger partial charge is 0.251 e.